The first-order valence-electron chi connectivity index (χ1n) is 15.1. The number of nitrogens with zero attached hydrogens (tertiary/aromatic N) is 4. The molecule has 1 aromatic carbocycles. The van der Waals surface area contributed by atoms with Crippen molar-refractivity contribution >= 4 is 17.5 Å². The number of aryl methyl sites for hydroxylation is 1. The lowest BCUT2D eigenvalue weighted by Gasteiger charge is -2.38. The molecule has 220 valence electrons. The van der Waals surface area contributed by atoms with Crippen LogP contribution < -0.4 is 4.90 Å². The first-order chi connectivity index (χ1) is 19.2. The minimum atomic E-state index is -0.276. The second-order valence-corrected chi connectivity index (χ2v) is 11.4. The third kappa shape index (κ3) is 8.76. The number of piperidine rings is 1. The van der Waals surface area contributed by atoms with Crippen LogP contribution in [0.2, 0.25) is 0 Å². The van der Waals surface area contributed by atoms with Gasteiger partial charge in [-0.3, -0.25) is 9.59 Å². The number of rotatable bonds is 6. The maximum absolute atomic E-state index is 13.3. The highest BCUT2D eigenvalue weighted by Gasteiger charge is 2.27. The number of carbonyl (C=O) groups is 2. The van der Waals surface area contributed by atoms with Gasteiger partial charge in [-0.1, -0.05) is 25.5 Å². The highest BCUT2D eigenvalue weighted by atomic mass is 16.3. The number of carbonyl (C=O) groups excluding carboxylic acids is 2. The molecular weight excluding hydrogens is 500 g/mol. The molecule has 0 aromatic heterocycles. The van der Waals surface area contributed by atoms with Gasteiger partial charge < -0.3 is 24.7 Å². The van der Waals surface area contributed by atoms with Crippen LogP contribution in [0.3, 0.4) is 0 Å². The molecule has 1 N–H and O–H groups in total. The summed E-state index contributed by atoms with van der Waals surface area (Å²) in [4.78, 5) is 34.7. The van der Waals surface area contributed by atoms with Gasteiger partial charge in [0.25, 0.3) is 0 Å². The molecule has 7 nitrogen and oxygen atoms in total. The second-order valence-electron chi connectivity index (χ2n) is 11.4. The molecule has 2 aliphatic heterocycles. The van der Waals surface area contributed by atoms with Gasteiger partial charge in [-0.15, -0.1) is 12.3 Å². The van der Waals surface area contributed by atoms with Crippen LogP contribution in [0, 0.1) is 26.2 Å². The number of likely N-dealkylation sites (tertiary alicyclic amines) is 1. The molecule has 7 heteroatoms. The third-order valence-electron chi connectivity index (χ3n) is 8.57. The van der Waals surface area contributed by atoms with Crippen molar-refractivity contribution in [3.63, 3.8) is 0 Å². The van der Waals surface area contributed by atoms with E-state index in [9.17, 15) is 14.7 Å². The fourth-order valence-corrected chi connectivity index (χ4v) is 5.86. The number of anilines is 1. The fraction of sp³-hybridized carbons (Fsp3) is 0.636. The van der Waals surface area contributed by atoms with E-state index < -0.39 is 0 Å². The Kier molecular flexibility index (Phi) is 12.4. The molecule has 0 spiro atoms. The summed E-state index contributed by atoms with van der Waals surface area (Å²) in [7, 11) is 2.02. The predicted octanol–water partition coefficient (Wildman–Crippen LogP) is 4.51. The number of terminal acetylenes is 1. The third-order valence-corrected chi connectivity index (χ3v) is 8.57. The van der Waals surface area contributed by atoms with Crippen LogP contribution in [0.1, 0.15) is 75.8 Å². The second kappa shape index (κ2) is 15.7. The molecule has 0 unspecified atom stereocenters. The zero-order chi connectivity index (χ0) is 29.1. The minimum Gasteiger partial charge on any atom is -0.393 e. The average molecular weight is 551 g/mol. The van der Waals surface area contributed by atoms with Gasteiger partial charge in [-0.05, 0) is 75.1 Å². The van der Waals surface area contributed by atoms with E-state index in [1.807, 2.05) is 23.8 Å². The standard InChI is InChI=1S/C29H44N4O3.C4H6/c1-22-8-7-11-26(23(22)2)31-16-18-33(19-17-31)29(36)21-30(3)27-10-6-4-5-9-24(27)20-28(35)32-14-12-25(34)13-15-32;1-3-4-2/h7-8,11,25,34H,4-6,9-10,12-21H2,1-3H3;1H,4H2,2H3. The summed E-state index contributed by atoms with van der Waals surface area (Å²) >= 11 is 0. The van der Waals surface area contributed by atoms with Crippen LogP contribution in [-0.2, 0) is 9.59 Å². The van der Waals surface area contributed by atoms with Crippen molar-refractivity contribution in [3.05, 3.63) is 40.6 Å². The van der Waals surface area contributed by atoms with E-state index in [4.69, 9.17) is 6.42 Å². The van der Waals surface area contributed by atoms with Crippen molar-refractivity contribution in [1.29, 1.82) is 0 Å². The summed E-state index contributed by atoms with van der Waals surface area (Å²) in [5, 5.41) is 9.78. The van der Waals surface area contributed by atoms with Crippen molar-refractivity contribution < 1.29 is 14.7 Å². The van der Waals surface area contributed by atoms with E-state index in [0.29, 0.717) is 38.9 Å². The van der Waals surface area contributed by atoms with Crippen LogP contribution in [0.5, 0.6) is 0 Å². The summed E-state index contributed by atoms with van der Waals surface area (Å²) in [5.41, 5.74) is 6.30. The molecular formula is C33H50N4O3. The van der Waals surface area contributed by atoms with E-state index in [2.05, 4.69) is 47.8 Å². The smallest absolute Gasteiger partial charge is 0.242 e. The van der Waals surface area contributed by atoms with Crippen LogP contribution in [0.25, 0.3) is 0 Å². The highest BCUT2D eigenvalue weighted by molar-refractivity contribution is 5.80. The summed E-state index contributed by atoms with van der Waals surface area (Å²) in [5.74, 6) is 2.77. The molecule has 2 saturated heterocycles. The van der Waals surface area contributed by atoms with Crippen LogP contribution in [0.15, 0.2) is 29.5 Å². The number of benzene rings is 1. The first-order valence-corrected chi connectivity index (χ1v) is 15.1. The van der Waals surface area contributed by atoms with Crippen molar-refractivity contribution in [2.45, 2.75) is 84.7 Å². The van der Waals surface area contributed by atoms with E-state index >= 15 is 0 Å². The van der Waals surface area contributed by atoms with Crippen molar-refractivity contribution in [1.82, 2.24) is 14.7 Å². The molecule has 4 rings (SSSR count). The summed E-state index contributed by atoms with van der Waals surface area (Å²) in [6, 6.07) is 6.44. The van der Waals surface area contributed by atoms with E-state index in [1.54, 1.807) is 0 Å². The van der Waals surface area contributed by atoms with Gasteiger partial charge in [0.1, 0.15) is 0 Å². The lowest BCUT2D eigenvalue weighted by molar-refractivity contribution is -0.132. The van der Waals surface area contributed by atoms with E-state index in [-0.39, 0.29) is 17.9 Å². The van der Waals surface area contributed by atoms with Gasteiger partial charge >= 0.3 is 0 Å². The van der Waals surface area contributed by atoms with Crippen LogP contribution >= 0.6 is 0 Å². The zero-order valence-corrected chi connectivity index (χ0v) is 25.3. The molecule has 0 atom stereocenters. The molecule has 0 saturated carbocycles. The van der Waals surface area contributed by atoms with Gasteiger partial charge in [-0.2, -0.15) is 0 Å². The number of piperazine rings is 1. The molecule has 2 heterocycles. The van der Waals surface area contributed by atoms with Gasteiger partial charge in [-0.25, -0.2) is 0 Å². The number of amides is 2. The average Bonchev–Trinajstić information content (AvgIpc) is 3.20. The Morgan fingerprint density at radius 1 is 0.975 bits per heavy atom. The molecule has 1 aliphatic carbocycles. The maximum atomic E-state index is 13.3. The van der Waals surface area contributed by atoms with E-state index in [0.717, 1.165) is 58.3 Å². The van der Waals surface area contributed by atoms with Crippen molar-refractivity contribution in [2.24, 2.45) is 0 Å². The summed E-state index contributed by atoms with van der Waals surface area (Å²) in [6.07, 6.45) is 12.4. The van der Waals surface area contributed by atoms with Gasteiger partial charge in [0.15, 0.2) is 0 Å². The topological polar surface area (TPSA) is 67.3 Å². The number of hydrogen-bond acceptors (Lipinski definition) is 5. The Hall–Kier alpha value is -2.98. The highest BCUT2D eigenvalue weighted by Crippen LogP contribution is 2.29. The van der Waals surface area contributed by atoms with Crippen LogP contribution in [-0.4, -0.2) is 90.6 Å². The molecule has 2 fully saturated rings. The molecule has 2 amide bonds. The number of hydrogen-bond donors (Lipinski definition) is 1. The van der Waals surface area contributed by atoms with E-state index in [1.165, 1.54) is 34.5 Å². The molecule has 1 aromatic rings. The lowest BCUT2D eigenvalue weighted by atomic mass is 10.0. The fourth-order valence-electron chi connectivity index (χ4n) is 5.86. The van der Waals surface area contributed by atoms with Crippen molar-refractivity contribution in [2.75, 3.05) is 57.8 Å². The lowest BCUT2D eigenvalue weighted by Crippen LogP contribution is -2.51. The Bertz CT molecular complexity index is 1060. The van der Waals surface area contributed by atoms with Crippen LogP contribution in [0.4, 0.5) is 5.69 Å². The Morgan fingerprint density at radius 3 is 2.25 bits per heavy atom. The van der Waals surface area contributed by atoms with Gasteiger partial charge in [0.2, 0.25) is 11.8 Å². The molecule has 0 bridgehead atoms. The van der Waals surface area contributed by atoms with Gasteiger partial charge in [0.05, 0.1) is 12.6 Å². The molecule has 40 heavy (non-hydrogen) atoms. The SMILES string of the molecule is C#CCC.Cc1cccc(N2CCN(C(=O)CN(C)C3=C(CC(=O)N4CCC(O)CC4)CCCCC3)CC2)c1C. The van der Waals surface area contributed by atoms with Crippen molar-refractivity contribution in [3.8, 4) is 12.3 Å². The predicted molar refractivity (Wildman–Crippen MR) is 163 cm³/mol. The minimum absolute atomic E-state index is 0.165. The van der Waals surface area contributed by atoms with Gasteiger partial charge in [0, 0.05) is 70.5 Å². The first kappa shape index (κ1) is 31.5. The summed E-state index contributed by atoms with van der Waals surface area (Å²) < 4.78 is 0. The molecule has 0 radical (unpaired) electrons. The number of allylic oxidation sites excluding steroid dienone is 1. The number of aliphatic hydroxyl groups is 1. The number of likely N-dealkylation sites (N-methyl/N-ethyl adjacent to an activating group) is 1. The summed E-state index contributed by atoms with van der Waals surface area (Å²) in [6.45, 7) is 11.1. The quantitative estimate of drug-likeness (QED) is 0.528. The Labute approximate surface area is 242 Å². The number of aliphatic hydroxyl groups excluding tert-OH is 1. The monoisotopic (exact) mass is 550 g/mol. The Balaban J connectivity index is 0.00000103. The normalized spacial score (nSPS) is 18.4. The largest absolute Gasteiger partial charge is 0.393 e. The maximum Gasteiger partial charge on any atom is 0.242 e. The molecule has 3 aliphatic rings. The zero-order valence-electron chi connectivity index (χ0n) is 25.3. The Morgan fingerprint density at radius 2 is 1.60 bits per heavy atom.